The number of carbonyl (C=O) groups is 1. The summed E-state index contributed by atoms with van der Waals surface area (Å²) in [5.41, 5.74) is -0.953. The zero-order valence-corrected chi connectivity index (χ0v) is 15.4. The van der Waals surface area contributed by atoms with Crippen LogP contribution in [0.4, 0.5) is 40.7 Å². The molecule has 0 spiro atoms. The number of anilines is 4. The molecular formula is C17H17F4N5O3. The topological polar surface area (TPSA) is 88.6 Å². The molecule has 1 aromatic carbocycles. The van der Waals surface area contributed by atoms with Gasteiger partial charge >= 0.3 is 6.18 Å². The van der Waals surface area contributed by atoms with E-state index in [0.29, 0.717) is 6.20 Å². The number of amides is 1. The van der Waals surface area contributed by atoms with E-state index in [4.69, 9.17) is 9.47 Å². The van der Waals surface area contributed by atoms with Crippen LogP contribution >= 0.6 is 0 Å². The van der Waals surface area contributed by atoms with Gasteiger partial charge < -0.3 is 25.0 Å². The molecule has 1 saturated heterocycles. The standard InChI is InChI=1S/C17H17F4N5O3/c1-22-15-9(17(19,20)21)7-23-16(25-15)24-11-5-10(18)12(6-13(11)28-2)26-3-4-29-8-14(26)27/h5-7H,3-4,8H2,1-2H3,(H2,22,23,24,25). The molecule has 0 aliphatic carbocycles. The Bertz CT molecular complexity index is 923. The molecule has 1 aliphatic heterocycles. The molecule has 0 bridgehead atoms. The molecule has 29 heavy (non-hydrogen) atoms. The number of hydrogen-bond donors (Lipinski definition) is 2. The normalized spacial score (nSPS) is 14.7. The van der Waals surface area contributed by atoms with E-state index in [-0.39, 0.29) is 42.8 Å². The smallest absolute Gasteiger partial charge is 0.421 e. The van der Waals surface area contributed by atoms with Gasteiger partial charge in [0.25, 0.3) is 5.91 Å². The van der Waals surface area contributed by atoms with Crippen molar-refractivity contribution in [1.82, 2.24) is 9.97 Å². The van der Waals surface area contributed by atoms with E-state index in [9.17, 15) is 22.4 Å². The Balaban J connectivity index is 1.93. The van der Waals surface area contributed by atoms with Crippen molar-refractivity contribution in [3.05, 3.63) is 29.7 Å². The number of nitrogens with zero attached hydrogens (tertiary/aromatic N) is 3. The molecule has 8 nitrogen and oxygen atoms in total. The van der Waals surface area contributed by atoms with Crippen molar-refractivity contribution in [3.8, 4) is 5.75 Å². The lowest BCUT2D eigenvalue weighted by Crippen LogP contribution is -2.42. The van der Waals surface area contributed by atoms with Crippen molar-refractivity contribution >= 4 is 29.0 Å². The van der Waals surface area contributed by atoms with Gasteiger partial charge in [-0.05, 0) is 0 Å². The predicted octanol–water partition coefficient (Wildman–Crippen LogP) is 2.79. The Morgan fingerprint density at radius 1 is 1.31 bits per heavy atom. The number of benzene rings is 1. The van der Waals surface area contributed by atoms with Gasteiger partial charge in [0.15, 0.2) is 0 Å². The summed E-state index contributed by atoms with van der Waals surface area (Å²) in [6, 6.07) is 2.36. The molecule has 1 aliphatic rings. The summed E-state index contributed by atoms with van der Waals surface area (Å²) < 4.78 is 63.8. The van der Waals surface area contributed by atoms with E-state index >= 15 is 0 Å². The summed E-state index contributed by atoms with van der Waals surface area (Å²) in [5.74, 6) is -1.62. The number of ether oxygens (including phenoxy) is 2. The van der Waals surface area contributed by atoms with Crippen LogP contribution in [0.2, 0.25) is 0 Å². The lowest BCUT2D eigenvalue weighted by Gasteiger charge is -2.27. The summed E-state index contributed by atoms with van der Waals surface area (Å²) >= 11 is 0. The molecule has 0 unspecified atom stereocenters. The number of carbonyl (C=O) groups excluding carboxylic acids is 1. The van der Waals surface area contributed by atoms with E-state index in [0.717, 1.165) is 6.07 Å². The molecule has 0 atom stereocenters. The maximum atomic E-state index is 14.7. The third-order valence-corrected chi connectivity index (χ3v) is 4.12. The average Bonchev–Trinajstić information content (AvgIpc) is 2.68. The number of aromatic nitrogens is 2. The Kier molecular flexibility index (Phi) is 5.73. The largest absolute Gasteiger partial charge is 0.494 e. The Morgan fingerprint density at radius 3 is 2.69 bits per heavy atom. The first-order chi connectivity index (χ1) is 13.7. The van der Waals surface area contributed by atoms with Crippen LogP contribution < -0.4 is 20.3 Å². The highest BCUT2D eigenvalue weighted by atomic mass is 19.4. The SMILES string of the molecule is CNc1nc(Nc2cc(F)c(N3CCOCC3=O)cc2OC)ncc1C(F)(F)F. The van der Waals surface area contributed by atoms with Crippen molar-refractivity contribution in [2.24, 2.45) is 0 Å². The minimum atomic E-state index is -4.63. The first kappa shape index (κ1) is 20.6. The van der Waals surface area contributed by atoms with Crippen LogP contribution in [0.1, 0.15) is 5.56 Å². The molecule has 1 fully saturated rings. The van der Waals surface area contributed by atoms with Gasteiger partial charge in [-0.1, -0.05) is 0 Å². The molecule has 2 heterocycles. The number of methoxy groups -OCH3 is 1. The van der Waals surface area contributed by atoms with E-state index in [2.05, 4.69) is 20.6 Å². The van der Waals surface area contributed by atoms with Gasteiger partial charge in [-0.3, -0.25) is 4.79 Å². The van der Waals surface area contributed by atoms with Crippen molar-refractivity contribution in [2.75, 3.05) is 49.4 Å². The Labute approximate surface area is 162 Å². The number of morpholine rings is 1. The highest BCUT2D eigenvalue weighted by Crippen LogP contribution is 2.36. The van der Waals surface area contributed by atoms with Gasteiger partial charge in [0.2, 0.25) is 5.95 Å². The fraction of sp³-hybridized carbons (Fsp3) is 0.353. The molecule has 12 heteroatoms. The fourth-order valence-corrected chi connectivity index (χ4v) is 2.75. The van der Waals surface area contributed by atoms with Crippen molar-refractivity contribution in [1.29, 1.82) is 0 Å². The van der Waals surface area contributed by atoms with Gasteiger partial charge in [0.1, 0.15) is 29.6 Å². The molecule has 3 rings (SSSR count). The van der Waals surface area contributed by atoms with E-state index in [1.807, 2.05) is 0 Å². The van der Waals surface area contributed by atoms with Crippen LogP contribution in [-0.4, -0.2) is 49.8 Å². The molecular weight excluding hydrogens is 398 g/mol. The van der Waals surface area contributed by atoms with Gasteiger partial charge in [0.05, 0.1) is 25.1 Å². The van der Waals surface area contributed by atoms with Gasteiger partial charge in [-0.2, -0.15) is 18.2 Å². The number of halogens is 4. The summed E-state index contributed by atoms with van der Waals surface area (Å²) in [6.45, 7) is 0.285. The zero-order chi connectivity index (χ0) is 21.2. The van der Waals surface area contributed by atoms with Gasteiger partial charge in [-0.15, -0.1) is 0 Å². The molecule has 1 aromatic heterocycles. The summed E-state index contributed by atoms with van der Waals surface area (Å²) in [4.78, 5) is 20.6. The van der Waals surface area contributed by atoms with Gasteiger partial charge in [0, 0.05) is 31.9 Å². The first-order valence-electron chi connectivity index (χ1n) is 8.39. The molecule has 0 radical (unpaired) electrons. The third-order valence-electron chi connectivity index (χ3n) is 4.12. The summed E-state index contributed by atoms with van der Waals surface area (Å²) in [6.07, 6.45) is -4.02. The monoisotopic (exact) mass is 415 g/mol. The van der Waals surface area contributed by atoms with E-state index < -0.39 is 29.3 Å². The van der Waals surface area contributed by atoms with Crippen LogP contribution in [0.15, 0.2) is 18.3 Å². The molecule has 1 amide bonds. The lowest BCUT2D eigenvalue weighted by atomic mass is 10.2. The second-order valence-electron chi connectivity index (χ2n) is 5.93. The fourth-order valence-electron chi connectivity index (χ4n) is 2.75. The number of rotatable bonds is 5. The highest BCUT2D eigenvalue weighted by molar-refractivity contribution is 5.95. The quantitative estimate of drug-likeness (QED) is 0.726. The van der Waals surface area contributed by atoms with Crippen molar-refractivity contribution in [3.63, 3.8) is 0 Å². The first-order valence-corrected chi connectivity index (χ1v) is 8.39. The van der Waals surface area contributed by atoms with Crippen molar-refractivity contribution in [2.45, 2.75) is 6.18 Å². The average molecular weight is 415 g/mol. The van der Waals surface area contributed by atoms with Crippen LogP contribution in [0, 0.1) is 5.82 Å². The van der Waals surface area contributed by atoms with E-state index in [1.54, 1.807) is 0 Å². The minimum absolute atomic E-state index is 0.00458. The van der Waals surface area contributed by atoms with E-state index in [1.165, 1.54) is 25.1 Å². The van der Waals surface area contributed by atoms with Crippen LogP contribution in [0.5, 0.6) is 5.75 Å². The maximum Gasteiger partial charge on any atom is 0.421 e. The molecule has 156 valence electrons. The highest BCUT2D eigenvalue weighted by Gasteiger charge is 2.35. The Hall–Kier alpha value is -3.15. The maximum absolute atomic E-state index is 14.7. The summed E-state index contributed by atoms with van der Waals surface area (Å²) in [5, 5.41) is 4.99. The predicted molar refractivity (Wildman–Crippen MR) is 96.0 cm³/mol. The molecule has 2 N–H and O–H groups in total. The summed E-state index contributed by atoms with van der Waals surface area (Å²) in [7, 11) is 2.62. The zero-order valence-electron chi connectivity index (χ0n) is 15.4. The molecule has 2 aromatic rings. The van der Waals surface area contributed by atoms with Crippen molar-refractivity contribution < 1.29 is 31.8 Å². The Morgan fingerprint density at radius 2 is 2.07 bits per heavy atom. The molecule has 0 saturated carbocycles. The number of nitrogens with one attached hydrogen (secondary N) is 2. The second-order valence-corrected chi connectivity index (χ2v) is 5.93. The lowest BCUT2D eigenvalue weighted by molar-refractivity contribution is -0.137. The number of alkyl halides is 3. The van der Waals surface area contributed by atoms with Crippen LogP contribution in [-0.2, 0) is 15.7 Å². The third kappa shape index (κ3) is 4.31. The van der Waals surface area contributed by atoms with Gasteiger partial charge in [-0.25, -0.2) is 9.37 Å². The number of hydrogen-bond acceptors (Lipinski definition) is 7. The minimum Gasteiger partial charge on any atom is -0.494 e. The van der Waals surface area contributed by atoms with Crippen LogP contribution in [0.3, 0.4) is 0 Å². The van der Waals surface area contributed by atoms with Crippen LogP contribution in [0.25, 0.3) is 0 Å². The second kappa shape index (κ2) is 8.07.